The molecule has 0 aliphatic rings. The van der Waals surface area contributed by atoms with Crippen LogP contribution in [0.25, 0.3) is 0 Å². The summed E-state index contributed by atoms with van der Waals surface area (Å²) in [5.41, 5.74) is 2.00. The van der Waals surface area contributed by atoms with Crippen molar-refractivity contribution in [3.63, 3.8) is 0 Å². The van der Waals surface area contributed by atoms with Gasteiger partial charge in [-0.05, 0) is 43.3 Å². The second-order valence-electron chi connectivity index (χ2n) is 6.47. The Morgan fingerprint density at radius 1 is 1.00 bits per heavy atom. The van der Waals surface area contributed by atoms with E-state index in [-0.39, 0.29) is 18.6 Å². The molecule has 0 aromatic heterocycles. The summed E-state index contributed by atoms with van der Waals surface area (Å²) in [6.07, 6.45) is 0. The van der Waals surface area contributed by atoms with E-state index in [0.717, 1.165) is 5.69 Å². The Bertz CT molecular complexity index is 824. The Hall–Kier alpha value is -3.55. The van der Waals surface area contributed by atoms with Gasteiger partial charge in [0.25, 0.3) is 5.91 Å². The van der Waals surface area contributed by atoms with Crippen molar-refractivity contribution < 1.29 is 19.1 Å². The van der Waals surface area contributed by atoms with Gasteiger partial charge in [-0.3, -0.25) is 9.59 Å². The number of nitrogens with zero attached hydrogens (tertiary/aromatic N) is 1. The Morgan fingerprint density at radius 3 is 2.28 bits per heavy atom. The van der Waals surface area contributed by atoms with Crippen LogP contribution in [0.15, 0.2) is 54.6 Å². The fourth-order valence-corrected chi connectivity index (χ4v) is 2.50. The van der Waals surface area contributed by atoms with Crippen molar-refractivity contribution in [2.24, 2.45) is 0 Å². The molecule has 0 aliphatic carbocycles. The van der Waals surface area contributed by atoms with Gasteiger partial charge in [0.05, 0.1) is 7.11 Å². The van der Waals surface area contributed by atoms with Crippen LogP contribution in [0.5, 0.6) is 0 Å². The van der Waals surface area contributed by atoms with Crippen LogP contribution in [0.2, 0.25) is 0 Å². The number of hydrogen-bond acceptors (Lipinski definition) is 5. The highest BCUT2D eigenvalue weighted by molar-refractivity contribution is 5.97. The van der Waals surface area contributed by atoms with Crippen molar-refractivity contribution in [1.29, 1.82) is 0 Å². The van der Waals surface area contributed by atoms with Gasteiger partial charge in [-0.25, -0.2) is 4.79 Å². The van der Waals surface area contributed by atoms with E-state index >= 15 is 0 Å². The van der Waals surface area contributed by atoms with Crippen LogP contribution in [0.1, 0.15) is 17.3 Å². The van der Waals surface area contributed by atoms with E-state index in [1.165, 1.54) is 7.11 Å². The van der Waals surface area contributed by atoms with E-state index in [1.807, 2.05) is 44.3 Å². The quantitative estimate of drug-likeness (QED) is 0.592. The average molecular weight is 398 g/mol. The van der Waals surface area contributed by atoms with Gasteiger partial charge >= 0.3 is 12.0 Å². The zero-order valence-electron chi connectivity index (χ0n) is 16.8. The molecule has 0 spiro atoms. The van der Waals surface area contributed by atoms with E-state index in [4.69, 9.17) is 0 Å². The van der Waals surface area contributed by atoms with Crippen molar-refractivity contribution in [2.75, 3.05) is 37.5 Å². The first-order valence-electron chi connectivity index (χ1n) is 9.18. The van der Waals surface area contributed by atoms with Gasteiger partial charge in [-0.15, -0.1) is 0 Å². The van der Waals surface area contributed by atoms with Crippen LogP contribution in [-0.2, 0) is 9.53 Å². The Balaban J connectivity index is 1.80. The number of urea groups is 1. The number of para-hydroxylation sites is 1. The van der Waals surface area contributed by atoms with Gasteiger partial charge in [0.1, 0.15) is 6.54 Å². The zero-order valence-corrected chi connectivity index (χ0v) is 16.8. The second kappa shape index (κ2) is 10.7. The van der Waals surface area contributed by atoms with Gasteiger partial charge in [-0.2, -0.15) is 0 Å². The van der Waals surface area contributed by atoms with Crippen LogP contribution in [0.4, 0.5) is 16.2 Å². The third-order valence-corrected chi connectivity index (χ3v) is 4.41. The number of nitrogens with one attached hydrogen (secondary N) is 3. The maximum atomic E-state index is 12.1. The van der Waals surface area contributed by atoms with Gasteiger partial charge in [0.2, 0.25) is 0 Å². The summed E-state index contributed by atoms with van der Waals surface area (Å²) in [6, 6.07) is 16.1. The highest BCUT2D eigenvalue weighted by atomic mass is 16.5. The SMILES string of the molecule is COC(=O)CNC(=O)c1ccc(NC(=O)NCC(C)N(C)c2ccccc2)cc1. The molecule has 2 aromatic carbocycles. The molecular formula is C21H26N4O4. The maximum Gasteiger partial charge on any atom is 0.325 e. The molecule has 0 heterocycles. The summed E-state index contributed by atoms with van der Waals surface area (Å²) in [5, 5.41) is 8.01. The molecule has 29 heavy (non-hydrogen) atoms. The number of carbonyl (C=O) groups excluding carboxylic acids is 3. The lowest BCUT2D eigenvalue weighted by Gasteiger charge is -2.27. The molecule has 0 saturated heterocycles. The van der Waals surface area contributed by atoms with E-state index in [2.05, 4.69) is 25.6 Å². The van der Waals surface area contributed by atoms with Crippen molar-refractivity contribution in [3.8, 4) is 0 Å². The molecule has 8 heteroatoms. The topological polar surface area (TPSA) is 99.8 Å². The lowest BCUT2D eigenvalue weighted by Crippen LogP contribution is -2.41. The minimum atomic E-state index is -0.527. The average Bonchev–Trinajstić information content (AvgIpc) is 2.76. The third kappa shape index (κ3) is 6.84. The maximum absolute atomic E-state index is 12.1. The molecule has 3 amide bonds. The Morgan fingerprint density at radius 2 is 1.66 bits per heavy atom. The van der Waals surface area contributed by atoms with Crippen molar-refractivity contribution in [3.05, 3.63) is 60.2 Å². The summed E-state index contributed by atoms with van der Waals surface area (Å²) >= 11 is 0. The van der Waals surface area contributed by atoms with Crippen molar-refractivity contribution >= 4 is 29.3 Å². The van der Waals surface area contributed by atoms with Crippen LogP contribution in [0.3, 0.4) is 0 Å². The van der Waals surface area contributed by atoms with Crippen LogP contribution < -0.4 is 20.9 Å². The normalized spacial score (nSPS) is 11.1. The molecule has 1 unspecified atom stereocenters. The molecule has 2 aromatic rings. The largest absolute Gasteiger partial charge is 0.468 e. The Labute approximate surface area is 170 Å². The van der Waals surface area contributed by atoms with Gasteiger partial charge in [0, 0.05) is 36.6 Å². The summed E-state index contributed by atoms with van der Waals surface area (Å²) in [4.78, 5) is 37.2. The molecule has 8 nitrogen and oxygen atoms in total. The molecule has 154 valence electrons. The smallest absolute Gasteiger partial charge is 0.325 e. The lowest BCUT2D eigenvalue weighted by atomic mass is 10.2. The molecule has 0 bridgehead atoms. The summed E-state index contributed by atoms with van der Waals surface area (Å²) in [6.45, 7) is 2.29. The number of rotatable bonds is 8. The van der Waals surface area contributed by atoms with Crippen molar-refractivity contribution in [2.45, 2.75) is 13.0 Å². The number of esters is 1. The summed E-state index contributed by atoms with van der Waals surface area (Å²) in [7, 11) is 3.23. The lowest BCUT2D eigenvalue weighted by molar-refractivity contribution is -0.139. The first-order chi connectivity index (χ1) is 13.9. The molecule has 0 aliphatic heterocycles. The number of ether oxygens (including phenoxy) is 1. The fourth-order valence-electron chi connectivity index (χ4n) is 2.50. The number of methoxy groups -OCH3 is 1. The Kier molecular flexibility index (Phi) is 8.02. The summed E-state index contributed by atoms with van der Waals surface area (Å²) in [5.74, 6) is -0.926. The highest BCUT2D eigenvalue weighted by Gasteiger charge is 2.12. The standard InChI is InChI=1S/C21H26N4O4/c1-15(25(2)18-7-5-4-6-8-18)13-23-21(28)24-17-11-9-16(10-12-17)20(27)22-14-19(26)29-3/h4-12,15H,13-14H2,1-3H3,(H,22,27)(H2,23,24,28). The first kappa shape index (κ1) is 21.7. The second-order valence-corrected chi connectivity index (χ2v) is 6.47. The fraction of sp³-hybridized carbons (Fsp3) is 0.286. The number of amides is 3. The molecule has 0 fully saturated rings. The van der Waals surface area contributed by atoms with Crippen LogP contribution >= 0.6 is 0 Å². The molecule has 1 atom stereocenters. The molecule has 0 radical (unpaired) electrons. The minimum absolute atomic E-state index is 0.101. The molecule has 2 rings (SSSR count). The van der Waals surface area contributed by atoms with E-state index in [9.17, 15) is 14.4 Å². The van der Waals surface area contributed by atoms with Crippen LogP contribution in [-0.4, -0.2) is 51.2 Å². The molecule has 0 saturated carbocycles. The van der Waals surface area contributed by atoms with Gasteiger partial charge < -0.3 is 25.6 Å². The monoisotopic (exact) mass is 398 g/mol. The van der Waals surface area contributed by atoms with E-state index < -0.39 is 11.9 Å². The number of benzene rings is 2. The molecular weight excluding hydrogens is 372 g/mol. The summed E-state index contributed by atoms with van der Waals surface area (Å²) < 4.78 is 4.47. The van der Waals surface area contributed by atoms with E-state index in [1.54, 1.807) is 24.3 Å². The minimum Gasteiger partial charge on any atom is -0.468 e. The first-order valence-corrected chi connectivity index (χ1v) is 9.18. The van der Waals surface area contributed by atoms with Gasteiger partial charge in [0.15, 0.2) is 0 Å². The predicted molar refractivity (Wildman–Crippen MR) is 112 cm³/mol. The molecule has 3 N–H and O–H groups in total. The van der Waals surface area contributed by atoms with Crippen molar-refractivity contribution in [1.82, 2.24) is 10.6 Å². The number of hydrogen-bond donors (Lipinski definition) is 3. The zero-order chi connectivity index (χ0) is 21.2. The third-order valence-electron chi connectivity index (χ3n) is 4.41. The van der Waals surface area contributed by atoms with E-state index in [0.29, 0.717) is 17.8 Å². The highest BCUT2D eigenvalue weighted by Crippen LogP contribution is 2.14. The van der Waals surface area contributed by atoms with Gasteiger partial charge in [-0.1, -0.05) is 18.2 Å². The predicted octanol–water partition coefficient (Wildman–Crippen LogP) is 2.24. The number of anilines is 2. The number of carbonyl (C=O) groups is 3. The number of likely N-dealkylation sites (N-methyl/N-ethyl adjacent to an activating group) is 1. The van der Waals surface area contributed by atoms with Crippen LogP contribution in [0, 0.1) is 0 Å².